The van der Waals surface area contributed by atoms with Crippen molar-refractivity contribution in [3.05, 3.63) is 33.4 Å². The zero-order chi connectivity index (χ0) is 14.0. The van der Waals surface area contributed by atoms with E-state index in [1.54, 1.807) is 12.1 Å². The molecule has 1 aromatic rings. The Morgan fingerprint density at radius 2 is 1.83 bits per heavy atom. The number of carbonyl (C=O) groups is 1. The lowest BCUT2D eigenvalue weighted by atomic mass is 9.92. The number of carboxylic acids is 1. The summed E-state index contributed by atoms with van der Waals surface area (Å²) in [6.07, 6.45) is -4.46. The maximum Gasteiger partial charge on any atom is 0.401 e. The second-order valence-corrected chi connectivity index (χ2v) is 5.15. The Labute approximate surface area is 116 Å². The first-order valence-corrected chi connectivity index (χ1v) is 6.04. The number of halogens is 4. The van der Waals surface area contributed by atoms with E-state index in [9.17, 15) is 18.0 Å². The van der Waals surface area contributed by atoms with Crippen molar-refractivity contribution in [2.75, 3.05) is 6.54 Å². The van der Waals surface area contributed by atoms with Crippen molar-refractivity contribution < 1.29 is 23.1 Å². The molecule has 1 atom stereocenters. The van der Waals surface area contributed by atoms with Gasteiger partial charge in [0.1, 0.15) is 5.54 Å². The first-order valence-electron chi connectivity index (χ1n) is 4.96. The highest BCUT2D eigenvalue weighted by Gasteiger charge is 2.39. The van der Waals surface area contributed by atoms with Crippen LogP contribution in [0.15, 0.2) is 24.3 Å². The van der Waals surface area contributed by atoms with Gasteiger partial charge >= 0.3 is 12.1 Å². The standard InChI is InChI=1S/C11H11F3INO2/c1-10(9(17)18,16-6-11(12,13)14)7-2-4-8(15)5-3-7/h2-5,16H,6H2,1H3,(H,17,18). The minimum absolute atomic E-state index is 0.277. The molecular formula is C11H11F3INO2. The molecule has 0 radical (unpaired) electrons. The molecule has 1 unspecified atom stereocenters. The molecule has 100 valence electrons. The quantitative estimate of drug-likeness (QED) is 0.799. The molecule has 0 heterocycles. The molecule has 3 nitrogen and oxygen atoms in total. The van der Waals surface area contributed by atoms with Gasteiger partial charge in [0.05, 0.1) is 6.54 Å². The molecule has 0 spiro atoms. The van der Waals surface area contributed by atoms with Crippen LogP contribution in [0.25, 0.3) is 0 Å². The van der Waals surface area contributed by atoms with E-state index in [0.717, 1.165) is 3.57 Å². The van der Waals surface area contributed by atoms with Crippen LogP contribution in [0.1, 0.15) is 12.5 Å². The van der Waals surface area contributed by atoms with E-state index >= 15 is 0 Å². The van der Waals surface area contributed by atoms with E-state index in [1.165, 1.54) is 19.1 Å². The SMILES string of the molecule is CC(NCC(F)(F)F)(C(=O)O)c1ccc(I)cc1. The summed E-state index contributed by atoms with van der Waals surface area (Å²) in [5, 5.41) is 11.2. The number of carboxylic acid groups (broad SMARTS) is 1. The van der Waals surface area contributed by atoms with E-state index in [0.29, 0.717) is 0 Å². The molecule has 0 fully saturated rings. The van der Waals surface area contributed by atoms with Crippen LogP contribution in [0.5, 0.6) is 0 Å². The van der Waals surface area contributed by atoms with E-state index in [1.807, 2.05) is 27.9 Å². The Morgan fingerprint density at radius 3 is 2.22 bits per heavy atom. The van der Waals surface area contributed by atoms with Crippen LogP contribution < -0.4 is 5.32 Å². The Kier molecular flexibility index (Phi) is 4.60. The summed E-state index contributed by atoms with van der Waals surface area (Å²) in [6.45, 7) is -0.148. The Morgan fingerprint density at radius 1 is 1.33 bits per heavy atom. The Bertz CT molecular complexity index is 433. The van der Waals surface area contributed by atoms with Crippen molar-refractivity contribution in [1.29, 1.82) is 0 Å². The summed E-state index contributed by atoms with van der Waals surface area (Å²) >= 11 is 2.03. The second kappa shape index (κ2) is 5.43. The molecule has 0 saturated carbocycles. The fraction of sp³-hybridized carbons (Fsp3) is 0.364. The lowest BCUT2D eigenvalue weighted by Gasteiger charge is -2.27. The van der Waals surface area contributed by atoms with Crippen molar-refractivity contribution >= 4 is 28.6 Å². The molecular weight excluding hydrogens is 362 g/mol. The predicted molar refractivity (Wildman–Crippen MR) is 68.2 cm³/mol. The summed E-state index contributed by atoms with van der Waals surface area (Å²) in [5.41, 5.74) is -1.49. The fourth-order valence-corrected chi connectivity index (χ4v) is 1.72. The third-order valence-electron chi connectivity index (χ3n) is 2.49. The van der Waals surface area contributed by atoms with Crippen LogP contribution >= 0.6 is 22.6 Å². The van der Waals surface area contributed by atoms with E-state index < -0.39 is 24.2 Å². The van der Waals surface area contributed by atoms with Gasteiger partial charge in [0.25, 0.3) is 0 Å². The number of benzene rings is 1. The van der Waals surface area contributed by atoms with Gasteiger partial charge in [-0.25, -0.2) is 4.79 Å². The zero-order valence-electron chi connectivity index (χ0n) is 9.38. The monoisotopic (exact) mass is 373 g/mol. The lowest BCUT2D eigenvalue weighted by molar-refractivity contribution is -0.150. The first-order chi connectivity index (χ1) is 8.15. The molecule has 0 aromatic heterocycles. The maximum atomic E-state index is 12.2. The summed E-state index contributed by atoms with van der Waals surface area (Å²) in [4.78, 5) is 11.2. The van der Waals surface area contributed by atoms with E-state index in [2.05, 4.69) is 0 Å². The van der Waals surface area contributed by atoms with Crippen LogP contribution in [0.4, 0.5) is 13.2 Å². The fourth-order valence-electron chi connectivity index (χ4n) is 1.36. The minimum Gasteiger partial charge on any atom is -0.480 e. The van der Waals surface area contributed by atoms with Gasteiger partial charge in [-0.1, -0.05) is 12.1 Å². The van der Waals surface area contributed by atoms with Crippen molar-refractivity contribution in [3.63, 3.8) is 0 Å². The van der Waals surface area contributed by atoms with Gasteiger partial charge in [0.2, 0.25) is 0 Å². The third kappa shape index (κ3) is 3.84. The Hall–Kier alpha value is -0.830. The zero-order valence-corrected chi connectivity index (χ0v) is 11.5. The minimum atomic E-state index is -4.46. The van der Waals surface area contributed by atoms with Gasteiger partial charge in [-0.05, 0) is 47.2 Å². The molecule has 0 bridgehead atoms. The van der Waals surface area contributed by atoms with Gasteiger partial charge in [-0.2, -0.15) is 13.2 Å². The van der Waals surface area contributed by atoms with Gasteiger partial charge in [0, 0.05) is 3.57 Å². The van der Waals surface area contributed by atoms with Crippen LogP contribution in [0.2, 0.25) is 0 Å². The largest absolute Gasteiger partial charge is 0.480 e. The molecule has 18 heavy (non-hydrogen) atoms. The number of aliphatic carboxylic acids is 1. The van der Waals surface area contributed by atoms with Gasteiger partial charge < -0.3 is 5.11 Å². The van der Waals surface area contributed by atoms with Crippen molar-refractivity contribution in [2.24, 2.45) is 0 Å². The van der Waals surface area contributed by atoms with Crippen LogP contribution in [0.3, 0.4) is 0 Å². The number of rotatable bonds is 4. The second-order valence-electron chi connectivity index (χ2n) is 3.91. The lowest BCUT2D eigenvalue weighted by Crippen LogP contribution is -2.50. The predicted octanol–water partition coefficient (Wildman–Crippen LogP) is 2.74. The summed E-state index contributed by atoms with van der Waals surface area (Å²) in [7, 11) is 0. The summed E-state index contributed by atoms with van der Waals surface area (Å²) in [6, 6.07) is 6.29. The average Bonchev–Trinajstić information content (AvgIpc) is 2.25. The molecule has 0 amide bonds. The van der Waals surface area contributed by atoms with Crippen molar-refractivity contribution in [2.45, 2.75) is 18.6 Å². The molecule has 2 N–H and O–H groups in total. The number of hydrogen-bond donors (Lipinski definition) is 2. The molecule has 0 aliphatic rings. The average molecular weight is 373 g/mol. The Balaban J connectivity index is 3.00. The summed E-state index contributed by atoms with van der Waals surface area (Å²) in [5.74, 6) is -1.35. The van der Waals surface area contributed by atoms with Crippen LogP contribution in [-0.4, -0.2) is 23.8 Å². The molecule has 1 rings (SSSR count). The van der Waals surface area contributed by atoms with Crippen molar-refractivity contribution in [3.8, 4) is 0 Å². The highest BCUT2D eigenvalue weighted by Crippen LogP contribution is 2.24. The smallest absolute Gasteiger partial charge is 0.401 e. The topological polar surface area (TPSA) is 49.3 Å². The highest BCUT2D eigenvalue weighted by atomic mass is 127. The van der Waals surface area contributed by atoms with Gasteiger partial charge in [0.15, 0.2) is 0 Å². The van der Waals surface area contributed by atoms with Gasteiger partial charge in [-0.3, -0.25) is 5.32 Å². The number of nitrogens with one attached hydrogen (secondary N) is 1. The molecule has 1 aromatic carbocycles. The molecule has 0 saturated heterocycles. The molecule has 7 heteroatoms. The first kappa shape index (κ1) is 15.2. The van der Waals surface area contributed by atoms with E-state index in [4.69, 9.17) is 5.11 Å². The van der Waals surface area contributed by atoms with Crippen LogP contribution in [-0.2, 0) is 10.3 Å². The highest BCUT2D eigenvalue weighted by molar-refractivity contribution is 14.1. The molecule has 0 aliphatic carbocycles. The molecule has 0 aliphatic heterocycles. The number of hydrogen-bond acceptors (Lipinski definition) is 2. The van der Waals surface area contributed by atoms with Crippen molar-refractivity contribution in [1.82, 2.24) is 5.32 Å². The third-order valence-corrected chi connectivity index (χ3v) is 3.21. The van der Waals surface area contributed by atoms with Gasteiger partial charge in [-0.15, -0.1) is 0 Å². The van der Waals surface area contributed by atoms with E-state index in [-0.39, 0.29) is 5.56 Å². The number of alkyl halides is 3. The maximum absolute atomic E-state index is 12.2. The normalized spacial score (nSPS) is 15.2. The summed E-state index contributed by atoms with van der Waals surface area (Å²) < 4.78 is 37.4. The van der Waals surface area contributed by atoms with Crippen LogP contribution in [0, 0.1) is 3.57 Å².